The molecule has 1 atom stereocenters. The third-order valence-electron chi connectivity index (χ3n) is 5.49. The minimum atomic E-state index is -3.64. The molecular weight excluding hydrogens is 398 g/mol. The summed E-state index contributed by atoms with van der Waals surface area (Å²) < 4.78 is 33.7. The van der Waals surface area contributed by atoms with Crippen LogP contribution in [-0.4, -0.2) is 29.4 Å². The average Bonchev–Trinajstić information content (AvgIpc) is 3.38. The Morgan fingerprint density at radius 2 is 1.87 bits per heavy atom. The van der Waals surface area contributed by atoms with Crippen LogP contribution in [0.25, 0.3) is 11.4 Å². The lowest BCUT2D eigenvalue weighted by molar-refractivity contribution is 0.290. The van der Waals surface area contributed by atoms with E-state index in [-0.39, 0.29) is 0 Å². The zero-order valence-electron chi connectivity index (χ0n) is 17.6. The number of rotatable bonds is 6. The summed E-state index contributed by atoms with van der Waals surface area (Å²) >= 11 is 0. The van der Waals surface area contributed by atoms with Crippen LogP contribution in [0.4, 0.5) is 0 Å². The summed E-state index contributed by atoms with van der Waals surface area (Å²) in [6.07, 6.45) is 2.35. The average molecular weight is 426 g/mol. The quantitative estimate of drug-likeness (QED) is 0.569. The zero-order chi connectivity index (χ0) is 21.3. The third-order valence-corrected chi connectivity index (χ3v) is 7.41. The van der Waals surface area contributed by atoms with Crippen molar-refractivity contribution < 1.29 is 12.9 Å². The second-order valence-electron chi connectivity index (χ2n) is 8.29. The van der Waals surface area contributed by atoms with Gasteiger partial charge in [0.2, 0.25) is 21.7 Å². The predicted octanol–water partition coefficient (Wildman–Crippen LogP) is 4.77. The van der Waals surface area contributed by atoms with Crippen LogP contribution in [0.15, 0.2) is 57.9 Å². The SMILES string of the molecule is Cc1ccccc1-c1noc([C@H]2CCCN2S(=O)(=O)c2ccc(CC(C)C)cc2)n1. The molecule has 0 N–H and O–H groups in total. The van der Waals surface area contributed by atoms with Crippen molar-refractivity contribution >= 4 is 10.0 Å². The molecule has 7 heteroatoms. The van der Waals surface area contributed by atoms with Crippen molar-refractivity contribution in [3.05, 3.63) is 65.5 Å². The molecule has 0 bridgehead atoms. The predicted molar refractivity (Wildman–Crippen MR) is 115 cm³/mol. The largest absolute Gasteiger partial charge is 0.337 e. The monoisotopic (exact) mass is 425 g/mol. The van der Waals surface area contributed by atoms with Crippen LogP contribution in [0.5, 0.6) is 0 Å². The fourth-order valence-electron chi connectivity index (χ4n) is 3.98. The molecule has 6 nitrogen and oxygen atoms in total. The van der Waals surface area contributed by atoms with Crippen molar-refractivity contribution in [3.63, 3.8) is 0 Å². The van der Waals surface area contributed by atoms with Crippen LogP contribution >= 0.6 is 0 Å². The van der Waals surface area contributed by atoms with E-state index in [1.54, 1.807) is 12.1 Å². The smallest absolute Gasteiger partial charge is 0.245 e. The summed E-state index contributed by atoms with van der Waals surface area (Å²) in [6, 6.07) is 14.6. The summed E-state index contributed by atoms with van der Waals surface area (Å²) in [7, 11) is -3.64. The maximum absolute atomic E-state index is 13.3. The number of aromatic nitrogens is 2. The fourth-order valence-corrected chi connectivity index (χ4v) is 5.63. The Balaban J connectivity index is 1.60. The first-order chi connectivity index (χ1) is 14.4. The molecule has 30 heavy (non-hydrogen) atoms. The Kier molecular flexibility index (Phi) is 5.75. The fraction of sp³-hybridized carbons (Fsp3) is 0.391. The van der Waals surface area contributed by atoms with Crippen LogP contribution in [-0.2, 0) is 16.4 Å². The Labute approximate surface area is 178 Å². The molecule has 158 valence electrons. The highest BCUT2D eigenvalue weighted by Gasteiger charge is 2.39. The lowest BCUT2D eigenvalue weighted by Crippen LogP contribution is -2.30. The van der Waals surface area contributed by atoms with Gasteiger partial charge in [0.05, 0.1) is 4.90 Å². The van der Waals surface area contributed by atoms with E-state index in [1.165, 1.54) is 4.31 Å². The Bertz CT molecular complexity index is 1120. The molecule has 1 saturated heterocycles. The number of aryl methyl sites for hydroxylation is 1. The van der Waals surface area contributed by atoms with Gasteiger partial charge in [0, 0.05) is 12.1 Å². The third kappa shape index (κ3) is 4.04. The molecule has 0 aliphatic carbocycles. The number of nitrogens with zero attached hydrogens (tertiary/aromatic N) is 3. The molecule has 0 radical (unpaired) electrons. The van der Waals surface area contributed by atoms with Crippen LogP contribution in [0.1, 0.15) is 49.7 Å². The first-order valence-electron chi connectivity index (χ1n) is 10.4. The van der Waals surface area contributed by atoms with Gasteiger partial charge in [-0.3, -0.25) is 0 Å². The van der Waals surface area contributed by atoms with Crippen molar-refractivity contribution in [1.29, 1.82) is 0 Å². The highest BCUT2D eigenvalue weighted by atomic mass is 32.2. The summed E-state index contributed by atoms with van der Waals surface area (Å²) in [5.74, 6) is 1.37. The molecule has 0 saturated carbocycles. The van der Waals surface area contributed by atoms with Crippen LogP contribution < -0.4 is 0 Å². The maximum atomic E-state index is 13.3. The summed E-state index contributed by atoms with van der Waals surface area (Å²) in [5, 5.41) is 4.11. The van der Waals surface area contributed by atoms with Gasteiger partial charge in [0.25, 0.3) is 0 Å². The molecule has 1 aliphatic rings. The lowest BCUT2D eigenvalue weighted by Gasteiger charge is -2.21. The molecular formula is C23H27N3O3S. The minimum Gasteiger partial charge on any atom is -0.337 e. The van der Waals surface area contributed by atoms with E-state index in [1.807, 2.05) is 43.3 Å². The molecule has 4 rings (SSSR count). The van der Waals surface area contributed by atoms with Gasteiger partial charge >= 0.3 is 0 Å². The van der Waals surface area contributed by atoms with Crippen molar-refractivity contribution in [2.75, 3.05) is 6.54 Å². The van der Waals surface area contributed by atoms with E-state index in [0.29, 0.717) is 35.5 Å². The molecule has 1 aromatic heterocycles. The van der Waals surface area contributed by atoms with E-state index >= 15 is 0 Å². The van der Waals surface area contributed by atoms with Gasteiger partial charge in [0.15, 0.2) is 0 Å². The standard InChI is InChI=1S/C23H27N3O3S/c1-16(2)15-18-10-12-19(13-11-18)30(27,28)26-14-6-9-21(26)23-24-22(25-29-23)20-8-5-4-7-17(20)3/h4-5,7-8,10-13,16,21H,6,9,14-15H2,1-3H3/t21-/m1/s1. The van der Waals surface area contributed by atoms with Crippen molar-refractivity contribution in [2.45, 2.75) is 51.0 Å². The van der Waals surface area contributed by atoms with Crippen molar-refractivity contribution in [1.82, 2.24) is 14.4 Å². The molecule has 1 aliphatic heterocycles. The molecule has 2 aromatic carbocycles. The summed E-state index contributed by atoms with van der Waals surface area (Å²) in [5.41, 5.74) is 3.07. The maximum Gasteiger partial charge on any atom is 0.245 e. The number of benzene rings is 2. The van der Waals surface area contributed by atoms with E-state index in [4.69, 9.17) is 4.52 Å². The van der Waals surface area contributed by atoms with E-state index in [2.05, 4.69) is 24.0 Å². The number of hydrogen-bond acceptors (Lipinski definition) is 5. The van der Waals surface area contributed by atoms with Gasteiger partial charge in [-0.15, -0.1) is 0 Å². The highest BCUT2D eigenvalue weighted by molar-refractivity contribution is 7.89. The minimum absolute atomic E-state index is 0.306. The molecule has 0 unspecified atom stereocenters. The molecule has 0 amide bonds. The van der Waals surface area contributed by atoms with Gasteiger partial charge in [-0.2, -0.15) is 9.29 Å². The highest BCUT2D eigenvalue weighted by Crippen LogP contribution is 2.36. The van der Waals surface area contributed by atoms with Gasteiger partial charge in [0.1, 0.15) is 6.04 Å². The van der Waals surface area contributed by atoms with Gasteiger partial charge < -0.3 is 4.52 Å². The Hall–Kier alpha value is -2.51. The second kappa shape index (κ2) is 8.32. The van der Waals surface area contributed by atoms with Gasteiger partial charge in [-0.1, -0.05) is 55.4 Å². The topological polar surface area (TPSA) is 76.3 Å². The van der Waals surface area contributed by atoms with Crippen LogP contribution in [0, 0.1) is 12.8 Å². The van der Waals surface area contributed by atoms with Gasteiger partial charge in [-0.25, -0.2) is 8.42 Å². The second-order valence-corrected chi connectivity index (χ2v) is 10.2. The van der Waals surface area contributed by atoms with E-state index in [0.717, 1.165) is 29.5 Å². The zero-order valence-corrected chi connectivity index (χ0v) is 18.4. The Morgan fingerprint density at radius 1 is 1.13 bits per heavy atom. The summed E-state index contributed by atoms with van der Waals surface area (Å²) in [4.78, 5) is 4.85. The van der Waals surface area contributed by atoms with E-state index in [9.17, 15) is 8.42 Å². The molecule has 0 spiro atoms. The lowest BCUT2D eigenvalue weighted by atomic mass is 10.0. The first kappa shape index (κ1) is 20.8. The van der Waals surface area contributed by atoms with Crippen molar-refractivity contribution in [3.8, 4) is 11.4 Å². The normalized spacial score (nSPS) is 17.7. The number of hydrogen-bond donors (Lipinski definition) is 0. The van der Waals surface area contributed by atoms with Crippen LogP contribution in [0.2, 0.25) is 0 Å². The van der Waals surface area contributed by atoms with Crippen LogP contribution in [0.3, 0.4) is 0 Å². The Morgan fingerprint density at radius 3 is 2.57 bits per heavy atom. The van der Waals surface area contributed by atoms with E-state index < -0.39 is 16.1 Å². The number of sulfonamides is 1. The molecule has 1 fully saturated rings. The van der Waals surface area contributed by atoms with Gasteiger partial charge in [-0.05, 0) is 55.4 Å². The molecule has 3 aromatic rings. The first-order valence-corrected chi connectivity index (χ1v) is 11.8. The summed E-state index contributed by atoms with van der Waals surface area (Å²) in [6.45, 7) is 6.73. The molecule has 2 heterocycles. The van der Waals surface area contributed by atoms with Crippen molar-refractivity contribution in [2.24, 2.45) is 5.92 Å².